The zero-order chi connectivity index (χ0) is 15.2. The highest BCUT2D eigenvalue weighted by Gasteiger charge is 2.12. The van der Waals surface area contributed by atoms with Crippen molar-refractivity contribution in [2.24, 2.45) is 5.92 Å². The van der Waals surface area contributed by atoms with E-state index in [1.165, 1.54) is 0 Å². The standard InChI is InChI=1S/C18H24O3/c1-13(2)12-20-10-11-21-18-16(14(3)19)9-8-15-6-4-5-7-17(15)18/h4-9,13-14,19H,10-12H2,1-3H3. The first kappa shape index (κ1) is 15.8. The van der Waals surface area contributed by atoms with E-state index in [2.05, 4.69) is 13.8 Å². The lowest BCUT2D eigenvalue weighted by Crippen LogP contribution is -2.11. The molecule has 1 atom stereocenters. The van der Waals surface area contributed by atoms with Crippen molar-refractivity contribution in [2.75, 3.05) is 19.8 Å². The second-order valence-corrected chi connectivity index (χ2v) is 5.70. The van der Waals surface area contributed by atoms with E-state index in [1.54, 1.807) is 6.92 Å². The highest BCUT2D eigenvalue weighted by molar-refractivity contribution is 5.89. The summed E-state index contributed by atoms with van der Waals surface area (Å²) in [6, 6.07) is 12.0. The van der Waals surface area contributed by atoms with Gasteiger partial charge in [-0.15, -0.1) is 0 Å². The second-order valence-electron chi connectivity index (χ2n) is 5.70. The Morgan fingerprint density at radius 3 is 2.48 bits per heavy atom. The van der Waals surface area contributed by atoms with Crippen LogP contribution in [0.2, 0.25) is 0 Å². The maximum absolute atomic E-state index is 9.93. The van der Waals surface area contributed by atoms with Crippen LogP contribution >= 0.6 is 0 Å². The molecule has 0 aromatic heterocycles. The average molecular weight is 288 g/mol. The van der Waals surface area contributed by atoms with Gasteiger partial charge in [-0.3, -0.25) is 0 Å². The summed E-state index contributed by atoms with van der Waals surface area (Å²) in [6.07, 6.45) is -0.554. The Balaban J connectivity index is 2.14. The summed E-state index contributed by atoms with van der Waals surface area (Å²) in [5, 5.41) is 12.1. The first-order valence-corrected chi connectivity index (χ1v) is 7.50. The predicted octanol–water partition coefficient (Wildman–Crippen LogP) is 3.94. The van der Waals surface area contributed by atoms with Crippen LogP contribution in [0.25, 0.3) is 10.8 Å². The maximum Gasteiger partial charge on any atom is 0.133 e. The molecule has 0 heterocycles. The van der Waals surface area contributed by atoms with Crippen LogP contribution in [0.15, 0.2) is 36.4 Å². The highest BCUT2D eigenvalue weighted by Crippen LogP contribution is 2.33. The topological polar surface area (TPSA) is 38.7 Å². The Labute approximate surface area is 126 Å². The third-order valence-electron chi connectivity index (χ3n) is 3.29. The maximum atomic E-state index is 9.93. The van der Waals surface area contributed by atoms with Gasteiger partial charge < -0.3 is 14.6 Å². The summed E-state index contributed by atoms with van der Waals surface area (Å²) in [5.74, 6) is 1.28. The van der Waals surface area contributed by atoms with Crippen LogP contribution in [0.4, 0.5) is 0 Å². The van der Waals surface area contributed by atoms with Crippen molar-refractivity contribution in [2.45, 2.75) is 26.9 Å². The minimum absolute atomic E-state index is 0.487. The van der Waals surface area contributed by atoms with Crippen LogP contribution in [0, 0.1) is 5.92 Å². The smallest absolute Gasteiger partial charge is 0.133 e. The number of rotatable bonds is 7. The number of ether oxygens (including phenoxy) is 2. The molecule has 1 N–H and O–H groups in total. The Morgan fingerprint density at radius 2 is 1.76 bits per heavy atom. The van der Waals surface area contributed by atoms with Crippen molar-refractivity contribution in [1.82, 2.24) is 0 Å². The van der Waals surface area contributed by atoms with E-state index in [4.69, 9.17) is 9.47 Å². The average Bonchev–Trinajstić information content (AvgIpc) is 2.46. The highest BCUT2D eigenvalue weighted by atomic mass is 16.5. The van der Waals surface area contributed by atoms with E-state index < -0.39 is 6.10 Å². The van der Waals surface area contributed by atoms with Crippen molar-refractivity contribution >= 4 is 10.8 Å². The molecule has 21 heavy (non-hydrogen) atoms. The first-order chi connectivity index (χ1) is 10.1. The molecule has 1 unspecified atom stereocenters. The van der Waals surface area contributed by atoms with Crippen LogP contribution in [0.5, 0.6) is 5.75 Å². The molecule has 0 aliphatic carbocycles. The lowest BCUT2D eigenvalue weighted by molar-refractivity contribution is 0.0810. The molecule has 0 aliphatic heterocycles. The normalized spacial score (nSPS) is 12.8. The van der Waals surface area contributed by atoms with E-state index in [0.29, 0.717) is 19.1 Å². The van der Waals surface area contributed by atoms with Crippen molar-refractivity contribution in [3.05, 3.63) is 42.0 Å². The van der Waals surface area contributed by atoms with Crippen LogP contribution in [-0.2, 0) is 4.74 Å². The fraction of sp³-hybridized carbons (Fsp3) is 0.444. The van der Waals surface area contributed by atoms with Gasteiger partial charge in [-0.25, -0.2) is 0 Å². The number of hydrogen-bond acceptors (Lipinski definition) is 3. The summed E-state index contributed by atoms with van der Waals surface area (Å²) < 4.78 is 11.5. The second kappa shape index (κ2) is 7.43. The van der Waals surface area contributed by atoms with Crippen LogP contribution < -0.4 is 4.74 Å². The van der Waals surface area contributed by atoms with Gasteiger partial charge in [-0.1, -0.05) is 50.2 Å². The van der Waals surface area contributed by atoms with Gasteiger partial charge in [-0.2, -0.15) is 0 Å². The molecule has 2 rings (SSSR count). The van der Waals surface area contributed by atoms with Gasteiger partial charge in [0.15, 0.2) is 0 Å². The zero-order valence-corrected chi connectivity index (χ0v) is 13.0. The predicted molar refractivity (Wildman–Crippen MR) is 85.7 cm³/mol. The summed E-state index contributed by atoms with van der Waals surface area (Å²) in [6.45, 7) is 7.78. The molecule has 0 fully saturated rings. The molecule has 0 aliphatic rings. The van der Waals surface area contributed by atoms with Gasteiger partial charge in [0.1, 0.15) is 12.4 Å². The molecule has 3 heteroatoms. The van der Waals surface area contributed by atoms with E-state index in [1.807, 2.05) is 36.4 Å². The monoisotopic (exact) mass is 288 g/mol. The van der Waals surface area contributed by atoms with E-state index in [0.717, 1.165) is 28.7 Å². The van der Waals surface area contributed by atoms with Crippen molar-refractivity contribution in [3.8, 4) is 5.75 Å². The fourth-order valence-corrected chi connectivity index (χ4v) is 2.27. The van der Waals surface area contributed by atoms with Gasteiger partial charge in [0.2, 0.25) is 0 Å². The Kier molecular flexibility index (Phi) is 5.59. The van der Waals surface area contributed by atoms with Crippen LogP contribution in [-0.4, -0.2) is 24.9 Å². The molecule has 0 radical (unpaired) electrons. The molecule has 2 aromatic rings. The molecular formula is C18H24O3. The van der Waals surface area contributed by atoms with Gasteiger partial charge in [-0.05, 0) is 18.2 Å². The Morgan fingerprint density at radius 1 is 1.00 bits per heavy atom. The minimum Gasteiger partial charge on any atom is -0.490 e. The minimum atomic E-state index is -0.554. The van der Waals surface area contributed by atoms with Gasteiger partial charge >= 0.3 is 0 Å². The number of hydrogen-bond donors (Lipinski definition) is 1. The SMILES string of the molecule is CC(C)COCCOc1c(C(C)O)ccc2ccccc12. The largest absolute Gasteiger partial charge is 0.490 e. The van der Waals surface area contributed by atoms with Gasteiger partial charge in [0.05, 0.1) is 12.7 Å². The fourth-order valence-electron chi connectivity index (χ4n) is 2.27. The summed E-state index contributed by atoms with van der Waals surface area (Å²) in [7, 11) is 0. The van der Waals surface area contributed by atoms with Crippen molar-refractivity contribution < 1.29 is 14.6 Å². The molecule has 0 bridgehead atoms. The quantitative estimate of drug-likeness (QED) is 0.784. The number of fused-ring (bicyclic) bond motifs is 1. The molecule has 3 nitrogen and oxygen atoms in total. The summed E-state index contributed by atoms with van der Waals surface area (Å²) in [4.78, 5) is 0. The zero-order valence-electron chi connectivity index (χ0n) is 13.0. The van der Waals surface area contributed by atoms with E-state index in [-0.39, 0.29) is 0 Å². The molecular weight excluding hydrogens is 264 g/mol. The van der Waals surface area contributed by atoms with E-state index >= 15 is 0 Å². The van der Waals surface area contributed by atoms with Gasteiger partial charge in [0.25, 0.3) is 0 Å². The molecule has 2 aromatic carbocycles. The number of aliphatic hydroxyl groups is 1. The van der Waals surface area contributed by atoms with Crippen LogP contribution in [0.1, 0.15) is 32.4 Å². The lowest BCUT2D eigenvalue weighted by atomic mass is 10.0. The number of benzene rings is 2. The Bertz CT molecular complexity index is 576. The third kappa shape index (κ3) is 4.19. The van der Waals surface area contributed by atoms with Gasteiger partial charge in [0, 0.05) is 17.6 Å². The molecule has 114 valence electrons. The first-order valence-electron chi connectivity index (χ1n) is 7.50. The molecule has 0 amide bonds. The van der Waals surface area contributed by atoms with Crippen LogP contribution in [0.3, 0.4) is 0 Å². The summed E-state index contributed by atoms with van der Waals surface area (Å²) >= 11 is 0. The molecule has 0 spiro atoms. The van der Waals surface area contributed by atoms with E-state index in [9.17, 15) is 5.11 Å². The summed E-state index contributed by atoms with van der Waals surface area (Å²) in [5.41, 5.74) is 0.817. The van der Waals surface area contributed by atoms with Crippen molar-refractivity contribution in [1.29, 1.82) is 0 Å². The van der Waals surface area contributed by atoms with Crippen molar-refractivity contribution in [3.63, 3.8) is 0 Å². The lowest BCUT2D eigenvalue weighted by Gasteiger charge is -2.16. The molecule has 0 saturated heterocycles. The third-order valence-corrected chi connectivity index (χ3v) is 3.29. The number of aliphatic hydroxyl groups excluding tert-OH is 1. The Hall–Kier alpha value is -1.58. The molecule has 0 saturated carbocycles.